The molecule has 0 radical (unpaired) electrons. The Bertz CT molecular complexity index is 792. The molecule has 0 fully saturated rings. The van der Waals surface area contributed by atoms with E-state index in [0.717, 1.165) is 27.7 Å². The second-order valence-corrected chi connectivity index (χ2v) is 4.71. The zero-order valence-corrected chi connectivity index (χ0v) is 11.0. The van der Waals surface area contributed by atoms with Gasteiger partial charge in [-0.05, 0) is 42.3 Å². The van der Waals surface area contributed by atoms with E-state index in [9.17, 15) is 4.79 Å². The molecule has 3 rings (SSSR count). The fourth-order valence-electron chi connectivity index (χ4n) is 2.34. The summed E-state index contributed by atoms with van der Waals surface area (Å²) in [5, 5.41) is 10.0. The van der Waals surface area contributed by atoms with Crippen molar-refractivity contribution in [1.29, 1.82) is 0 Å². The molecule has 0 aliphatic rings. The predicted octanol–water partition coefficient (Wildman–Crippen LogP) is 3.91. The molecule has 0 aliphatic carbocycles. The van der Waals surface area contributed by atoms with Gasteiger partial charge in [0.1, 0.15) is 0 Å². The van der Waals surface area contributed by atoms with E-state index in [1.54, 1.807) is 12.1 Å². The third-order valence-corrected chi connectivity index (χ3v) is 3.29. The molecule has 98 valence electrons. The van der Waals surface area contributed by atoms with Gasteiger partial charge in [-0.2, -0.15) is 0 Å². The summed E-state index contributed by atoms with van der Waals surface area (Å²) >= 11 is 0. The molecule has 1 heterocycles. The van der Waals surface area contributed by atoms with Crippen LogP contribution in [-0.2, 0) is 0 Å². The summed E-state index contributed by atoms with van der Waals surface area (Å²) in [6, 6.07) is 16.9. The second-order valence-electron chi connectivity index (χ2n) is 4.71. The summed E-state index contributed by atoms with van der Waals surface area (Å²) in [4.78, 5) is 15.4. The zero-order chi connectivity index (χ0) is 14.1. The van der Waals surface area contributed by atoms with Gasteiger partial charge >= 0.3 is 5.97 Å². The smallest absolute Gasteiger partial charge is 0.335 e. The Labute approximate surface area is 116 Å². The number of carboxylic acid groups (broad SMARTS) is 1. The van der Waals surface area contributed by atoms with Crippen molar-refractivity contribution in [3.8, 4) is 11.1 Å². The first-order valence-corrected chi connectivity index (χ1v) is 6.35. The van der Waals surface area contributed by atoms with Crippen LogP contribution < -0.4 is 0 Å². The van der Waals surface area contributed by atoms with E-state index in [-0.39, 0.29) is 0 Å². The van der Waals surface area contributed by atoms with Gasteiger partial charge in [-0.25, -0.2) is 4.79 Å². The van der Waals surface area contributed by atoms with Crippen molar-refractivity contribution in [1.82, 2.24) is 4.98 Å². The molecule has 0 saturated heterocycles. The van der Waals surface area contributed by atoms with Gasteiger partial charge in [-0.15, -0.1) is 0 Å². The summed E-state index contributed by atoms with van der Waals surface area (Å²) in [5.74, 6) is -0.910. The van der Waals surface area contributed by atoms with Crippen LogP contribution in [0.1, 0.15) is 16.1 Å². The summed E-state index contributed by atoms with van der Waals surface area (Å²) in [6.45, 7) is 1.96. The number of para-hydroxylation sites is 1. The van der Waals surface area contributed by atoms with E-state index < -0.39 is 5.97 Å². The average molecular weight is 263 g/mol. The van der Waals surface area contributed by atoms with E-state index in [4.69, 9.17) is 5.11 Å². The first kappa shape index (κ1) is 12.4. The van der Waals surface area contributed by atoms with Crippen LogP contribution in [0.4, 0.5) is 0 Å². The Kier molecular flexibility index (Phi) is 2.95. The molecule has 20 heavy (non-hydrogen) atoms. The van der Waals surface area contributed by atoms with Gasteiger partial charge in [0, 0.05) is 11.1 Å². The molecule has 0 atom stereocenters. The number of aromatic nitrogens is 1. The number of aromatic carboxylic acids is 1. The topological polar surface area (TPSA) is 50.2 Å². The second kappa shape index (κ2) is 4.78. The van der Waals surface area contributed by atoms with Crippen molar-refractivity contribution in [3.63, 3.8) is 0 Å². The number of carbonyl (C=O) groups is 1. The summed E-state index contributed by atoms with van der Waals surface area (Å²) in [5.41, 5.74) is 4.26. The highest BCUT2D eigenvalue weighted by Crippen LogP contribution is 2.28. The molecule has 0 amide bonds. The van der Waals surface area contributed by atoms with Gasteiger partial charge in [-0.3, -0.25) is 4.98 Å². The van der Waals surface area contributed by atoms with E-state index >= 15 is 0 Å². The molecule has 0 aliphatic heterocycles. The number of hydrogen-bond donors (Lipinski definition) is 1. The normalized spacial score (nSPS) is 10.7. The van der Waals surface area contributed by atoms with Crippen molar-refractivity contribution in [2.45, 2.75) is 6.92 Å². The number of nitrogens with zero attached hydrogens (tertiary/aromatic N) is 1. The largest absolute Gasteiger partial charge is 0.478 e. The van der Waals surface area contributed by atoms with Gasteiger partial charge in [0.2, 0.25) is 0 Å². The van der Waals surface area contributed by atoms with Gasteiger partial charge in [0.25, 0.3) is 0 Å². The van der Waals surface area contributed by atoms with Crippen LogP contribution in [0.2, 0.25) is 0 Å². The number of benzene rings is 2. The molecular formula is C17H13NO2. The number of hydrogen-bond acceptors (Lipinski definition) is 2. The van der Waals surface area contributed by atoms with Crippen LogP contribution in [0.25, 0.3) is 22.0 Å². The van der Waals surface area contributed by atoms with Crippen LogP contribution in [0, 0.1) is 6.92 Å². The number of fused-ring (bicyclic) bond motifs is 1. The Balaban J connectivity index is 2.20. The van der Waals surface area contributed by atoms with Gasteiger partial charge in [0.15, 0.2) is 0 Å². The maximum absolute atomic E-state index is 10.9. The maximum Gasteiger partial charge on any atom is 0.335 e. The molecule has 3 heteroatoms. The number of aryl methyl sites for hydroxylation is 1. The highest BCUT2D eigenvalue weighted by molar-refractivity contribution is 5.95. The van der Waals surface area contributed by atoms with Crippen LogP contribution in [-0.4, -0.2) is 16.1 Å². The van der Waals surface area contributed by atoms with Gasteiger partial charge in [-0.1, -0.05) is 30.3 Å². The van der Waals surface area contributed by atoms with E-state index in [2.05, 4.69) is 4.98 Å². The highest BCUT2D eigenvalue weighted by Gasteiger charge is 2.07. The SMILES string of the molecule is Cc1cc(-c2ccc(C(=O)O)cc2)c2ccccc2n1. The first-order valence-electron chi connectivity index (χ1n) is 6.35. The monoisotopic (exact) mass is 263 g/mol. The molecule has 0 bridgehead atoms. The van der Waals surface area contributed by atoms with Crippen molar-refractivity contribution >= 4 is 16.9 Å². The molecule has 0 saturated carbocycles. The van der Waals surface area contributed by atoms with E-state index in [1.165, 1.54) is 0 Å². The summed E-state index contributed by atoms with van der Waals surface area (Å²) < 4.78 is 0. The molecule has 1 N–H and O–H groups in total. The minimum Gasteiger partial charge on any atom is -0.478 e. The van der Waals surface area contributed by atoms with Crippen LogP contribution in [0.5, 0.6) is 0 Å². The summed E-state index contributed by atoms with van der Waals surface area (Å²) in [6.07, 6.45) is 0. The van der Waals surface area contributed by atoms with Crippen molar-refractivity contribution in [2.75, 3.05) is 0 Å². The average Bonchev–Trinajstić information content (AvgIpc) is 2.46. The van der Waals surface area contributed by atoms with Crippen molar-refractivity contribution in [3.05, 3.63) is 65.9 Å². The van der Waals surface area contributed by atoms with Gasteiger partial charge in [0.05, 0.1) is 11.1 Å². The van der Waals surface area contributed by atoms with Crippen LogP contribution in [0.3, 0.4) is 0 Å². The number of pyridine rings is 1. The quantitative estimate of drug-likeness (QED) is 0.762. The Morgan fingerprint density at radius 3 is 2.45 bits per heavy atom. The minimum atomic E-state index is -0.910. The third kappa shape index (κ3) is 2.14. The molecule has 3 aromatic rings. The molecule has 2 aromatic carbocycles. The molecule has 3 nitrogen and oxygen atoms in total. The van der Waals surface area contributed by atoms with E-state index in [0.29, 0.717) is 5.56 Å². The zero-order valence-electron chi connectivity index (χ0n) is 11.0. The summed E-state index contributed by atoms with van der Waals surface area (Å²) in [7, 11) is 0. The fourth-order valence-corrected chi connectivity index (χ4v) is 2.34. The molecule has 0 unspecified atom stereocenters. The van der Waals surface area contributed by atoms with Crippen molar-refractivity contribution < 1.29 is 9.90 Å². The Morgan fingerprint density at radius 2 is 1.75 bits per heavy atom. The Hall–Kier alpha value is -2.68. The third-order valence-electron chi connectivity index (χ3n) is 3.29. The predicted molar refractivity (Wildman–Crippen MR) is 78.9 cm³/mol. The highest BCUT2D eigenvalue weighted by atomic mass is 16.4. The first-order chi connectivity index (χ1) is 9.65. The van der Waals surface area contributed by atoms with Crippen LogP contribution >= 0.6 is 0 Å². The van der Waals surface area contributed by atoms with E-state index in [1.807, 2.05) is 49.4 Å². The number of carboxylic acids is 1. The number of rotatable bonds is 2. The lowest BCUT2D eigenvalue weighted by Gasteiger charge is -2.08. The standard InChI is InChI=1S/C17H13NO2/c1-11-10-15(14-4-2-3-5-16(14)18-11)12-6-8-13(9-7-12)17(19)20/h2-10H,1H3,(H,19,20). The van der Waals surface area contributed by atoms with Crippen molar-refractivity contribution in [2.24, 2.45) is 0 Å². The fraction of sp³-hybridized carbons (Fsp3) is 0.0588. The maximum atomic E-state index is 10.9. The lowest BCUT2D eigenvalue weighted by molar-refractivity contribution is 0.0697. The Morgan fingerprint density at radius 1 is 1.05 bits per heavy atom. The molecular weight excluding hydrogens is 250 g/mol. The minimum absolute atomic E-state index is 0.295. The van der Waals surface area contributed by atoms with Crippen LogP contribution in [0.15, 0.2) is 54.6 Å². The molecule has 1 aromatic heterocycles. The molecule has 0 spiro atoms. The lowest BCUT2D eigenvalue weighted by Crippen LogP contribution is -1.95. The lowest BCUT2D eigenvalue weighted by atomic mass is 9.99. The van der Waals surface area contributed by atoms with Gasteiger partial charge < -0.3 is 5.11 Å².